The van der Waals surface area contributed by atoms with Crippen molar-refractivity contribution in [3.05, 3.63) is 67.5 Å². The van der Waals surface area contributed by atoms with Gasteiger partial charge in [-0.2, -0.15) is 0 Å². The maximum atomic E-state index is 13.0. The van der Waals surface area contributed by atoms with Crippen molar-refractivity contribution >= 4 is 72.7 Å². The number of hydrogen-bond acceptors (Lipinski definition) is 5. The first-order valence-electron chi connectivity index (χ1n) is 8.78. The maximum Gasteiger partial charge on any atom is 0.261 e. The second-order valence-electron chi connectivity index (χ2n) is 6.56. The summed E-state index contributed by atoms with van der Waals surface area (Å²) in [6.45, 7) is 0. The van der Waals surface area contributed by atoms with Crippen LogP contribution in [0.2, 0.25) is 10.0 Å². The third-order valence-corrected chi connectivity index (χ3v) is 5.77. The van der Waals surface area contributed by atoms with Crippen LogP contribution >= 0.6 is 39.1 Å². The van der Waals surface area contributed by atoms with Gasteiger partial charge in [-0.3, -0.25) is 4.79 Å². The predicted molar refractivity (Wildman–Crippen MR) is 122 cm³/mol. The van der Waals surface area contributed by atoms with Crippen LogP contribution in [-0.4, -0.2) is 19.5 Å². The zero-order chi connectivity index (χ0) is 21.0. The van der Waals surface area contributed by atoms with Crippen LogP contribution in [0.25, 0.3) is 33.5 Å². The fourth-order valence-electron chi connectivity index (χ4n) is 3.33. The van der Waals surface area contributed by atoms with Crippen molar-refractivity contribution in [3.8, 4) is 11.6 Å². The fourth-order valence-corrected chi connectivity index (χ4v) is 4.13. The summed E-state index contributed by atoms with van der Waals surface area (Å²) in [5.41, 5.74) is 2.05. The van der Waals surface area contributed by atoms with Gasteiger partial charge >= 0.3 is 0 Å². The molecule has 0 amide bonds. The van der Waals surface area contributed by atoms with Gasteiger partial charge in [0.05, 0.1) is 37.7 Å². The maximum absolute atomic E-state index is 13.0. The number of aromatic nitrogens is 4. The van der Waals surface area contributed by atoms with E-state index in [1.54, 1.807) is 48.0 Å². The Labute approximate surface area is 187 Å². The number of para-hydroxylation sites is 1. The Balaban J connectivity index is 1.70. The fraction of sp³-hybridized carbons (Fsp3) is 0.0500. The second-order valence-corrected chi connectivity index (χ2v) is 8.16. The molecule has 7 nitrogen and oxygen atoms in total. The number of fused-ring (bicyclic) bond motifs is 3. The molecule has 150 valence electrons. The van der Waals surface area contributed by atoms with E-state index in [9.17, 15) is 4.79 Å². The number of imidazole rings is 1. The van der Waals surface area contributed by atoms with Crippen LogP contribution in [0.15, 0.2) is 56.3 Å². The molecule has 0 spiro atoms. The molecule has 5 aromatic rings. The van der Waals surface area contributed by atoms with E-state index in [0.717, 1.165) is 0 Å². The highest BCUT2D eigenvalue weighted by molar-refractivity contribution is 9.10. The molecule has 0 fully saturated rings. The van der Waals surface area contributed by atoms with E-state index in [4.69, 9.17) is 27.6 Å². The van der Waals surface area contributed by atoms with Gasteiger partial charge in [0.1, 0.15) is 0 Å². The summed E-state index contributed by atoms with van der Waals surface area (Å²) in [5.74, 6) is 1.30. The molecular weight excluding hydrogens is 493 g/mol. The number of benzene rings is 2. The molecule has 2 aromatic carbocycles. The monoisotopic (exact) mass is 503 g/mol. The van der Waals surface area contributed by atoms with E-state index in [1.807, 2.05) is 6.07 Å². The summed E-state index contributed by atoms with van der Waals surface area (Å²) in [7, 11) is 1.80. The van der Waals surface area contributed by atoms with Crippen LogP contribution in [0.1, 0.15) is 0 Å². The van der Waals surface area contributed by atoms with E-state index in [0.29, 0.717) is 59.9 Å². The number of nitrogens with one attached hydrogen (secondary N) is 2. The van der Waals surface area contributed by atoms with Gasteiger partial charge in [-0.25, -0.2) is 9.97 Å². The van der Waals surface area contributed by atoms with Gasteiger partial charge in [0, 0.05) is 7.05 Å². The zero-order valence-corrected chi connectivity index (χ0v) is 18.4. The Morgan fingerprint density at radius 2 is 1.80 bits per heavy atom. The molecule has 0 aliphatic rings. The lowest BCUT2D eigenvalue weighted by molar-refractivity contribution is 0.551. The quantitative estimate of drug-likeness (QED) is 0.320. The van der Waals surface area contributed by atoms with E-state index >= 15 is 0 Å². The highest BCUT2D eigenvalue weighted by Crippen LogP contribution is 2.34. The van der Waals surface area contributed by atoms with Crippen LogP contribution in [-0.2, 0) is 7.05 Å². The summed E-state index contributed by atoms with van der Waals surface area (Å²) < 4.78 is 7.84. The van der Waals surface area contributed by atoms with Gasteiger partial charge in [-0.05, 0) is 52.3 Å². The normalized spacial score (nSPS) is 11.5. The first-order chi connectivity index (χ1) is 14.4. The minimum atomic E-state index is -0.293. The molecule has 0 atom stereocenters. The van der Waals surface area contributed by atoms with Gasteiger partial charge in [-0.1, -0.05) is 29.3 Å². The lowest BCUT2D eigenvalue weighted by Gasteiger charge is -2.10. The van der Waals surface area contributed by atoms with Crippen LogP contribution in [0, 0.1) is 0 Å². The first-order valence-corrected chi connectivity index (χ1v) is 10.3. The molecule has 30 heavy (non-hydrogen) atoms. The highest BCUT2D eigenvalue weighted by Gasteiger charge is 2.17. The number of furan rings is 1. The van der Waals surface area contributed by atoms with Crippen LogP contribution in [0.5, 0.6) is 0 Å². The summed E-state index contributed by atoms with van der Waals surface area (Å²) in [6, 6.07) is 12.3. The standard InChI is InChI=1S/C20H12BrCl2N5O2/c1-28-17-12(25-20(28)26-16-9(22)3-2-4-10(16)23)6-5-11-15(17)19(29)27-18(24-11)13-7-8-14(21)30-13/h2-8H,1H3,(H,25,26)(H,24,27,29). The SMILES string of the molecule is Cn1c(Nc2c(Cl)cccc2Cl)nc2ccc3nc(-c4ccc(Br)o4)[nH]c(=O)c3c21. The molecule has 10 heteroatoms. The number of hydrogen-bond donors (Lipinski definition) is 2. The Morgan fingerprint density at radius 1 is 1.07 bits per heavy atom. The van der Waals surface area contributed by atoms with Gasteiger partial charge in [0.2, 0.25) is 5.95 Å². The molecule has 0 saturated carbocycles. The topological polar surface area (TPSA) is 88.7 Å². The third-order valence-electron chi connectivity index (χ3n) is 4.71. The number of nitrogens with zero attached hydrogens (tertiary/aromatic N) is 3. The molecule has 0 aliphatic carbocycles. The molecule has 0 bridgehead atoms. The summed E-state index contributed by atoms with van der Waals surface area (Å²) in [6.07, 6.45) is 0. The second kappa shape index (κ2) is 7.16. The smallest absolute Gasteiger partial charge is 0.261 e. The van der Waals surface area contributed by atoms with Crippen molar-refractivity contribution in [1.29, 1.82) is 0 Å². The average molecular weight is 505 g/mol. The van der Waals surface area contributed by atoms with Crippen molar-refractivity contribution in [2.45, 2.75) is 0 Å². The highest BCUT2D eigenvalue weighted by atomic mass is 79.9. The predicted octanol–water partition coefficient (Wildman–Crippen LogP) is 5.88. The average Bonchev–Trinajstić information content (AvgIpc) is 3.28. The van der Waals surface area contributed by atoms with Crippen LogP contribution in [0.4, 0.5) is 11.6 Å². The zero-order valence-electron chi connectivity index (χ0n) is 15.3. The summed E-state index contributed by atoms with van der Waals surface area (Å²) in [5, 5.41) is 4.52. The Hall–Kier alpha value is -2.81. The lowest BCUT2D eigenvalue weighted by Crippen LogP contribution is -2.11. The van der Waals surface area contributed by atoms with Crippen molar-refractivity contribution in [2.24, 2.45) is 7.05 Å². The minimum absolute atomic E-state index is 0.293. The molecule has 0 saturated heterocycles. The molecule has 0 aliphatic heterocycles. The molecule has 0 radical (unpaired) electrons. The summed E-state index contributed by atoms with van der Waals surface area (Å²) in [4.78, 5) is 24.9. The molecule has 3 heterocycles. The molecule has 5 rings (SSSR count). The number of halogens is 3. The molecule has 2 N–H and O–H groups in total. The van der Waals surface area contributed by atoms with Crippen LogP contribution < -0.4 is 10.9 Å². The minimum Gasteiger partial charge on any atom is -0.446 e. The van der Waals surface area contributed by atoms with E-state index in [1.165, 1.54) is 0 Å². The number of anilines is 2. The van der Waals surface area contributed by atoms with Gasteiger partial charge in [0.25, 0.3) is 5.56 Å². The van der Waals surface area contributed by atoms with Gasteiger partial charge < -0.3 is 19.3 Å². The number of H-pyrrole nitrogens is 1. The van der Waals surface area contributed by atoms with E-state index in [-0.39, 0.29) is 5.56 Å². The van der Waals surface area contributed by atoms with Crippen LogP contribution in [0.3, 0.4) is 0 Å². The van der Waals surface area contributed by atoms with Crippen molar-refractivity contribution in [1.82, 2.24) is 19.5 Å². The third kappa shape index (κ3) is 3.08. The molecule has 0 unspecified atom stereocenters. The Kier molecular flexibility index (Phi) is 4.57. The molecule has 3 aromatic heterocycles. The Bertz CT molecular complexity index is 1480. The lowest BCUT2D eigenvalue weighted by atomic mass is 10.2. The van der Waals surface area contributed by atoms with Crippen molar-refractivity contribution in [2.75, 3.05) is 5.32 Å². The van der Waals surface area contributed by atoms with Gasteiger partial charge in [0.15, 0.2) is 16.3 Å². The number of rotatable bonds is 3. The van der Waals surface area contributed by atoms with E-state index in [2.05, 4.69) is 36.2 Å². The largest absolute Gasteiger partial charge is 0.446 e. The molecular formula is C20H12BrCl2N5O2. The van der Waals surface area contributed by atoms with E-state index < -0.39 is 0 Å². The van der Waals surface area contributed by atoms with Crippen molar-refractivity contribution in [3.63, 3.8) is 0 Å². The summed E-state index contributed by atoms with van der Waals surface area (Å²) >= 11 is 15.8. The van der Waals surface area contributed by atoms with Crippen molar-refractivity contribution < 1.29 is 4.42 Å². The van der Waals surface area contributed by atoms with Gasteiger partial charge in [-0.15, -0.1) is 0 Å². The number of aryl methyl sites for hydroxylation is 1. The number of aromatic amines is 1. The Morgan fingerprint density at radius 3 is 2.50 bits per heavy atom. The first kappa shape index (κ1) is 19.2.